The number of benzene rings is 1. The number of hydrogen-bond acceptors (Lipinski definition) is 2. The van der Waals surface area contributed by atoms with E-state index in [2.05, 4.69) is 6.92 Å². The Bertz CT molecular complexity index is 380. The maximum Gasteiger partial charge on any atom is 0.0939 e. The Hall–Kier alpha value is -0.570. The smallest absolute Gasteiger partial charge is 0.0939 e. The number of rotatable bonds is 2. The molecular weight excluding hydrogens is 210 g/mol. The first kappa shape index (κ1) is 10.9. The number of hydrogen-bond donors (Lipinski definition) is 2. The van der Waals surface area contributed by atoms with Gasteiger partial charge in [0.15, 0.2) is 0 Å². The minimum absolute atomic E-state index is 0.217. The van der Waals surface area contributed by atoms with Crippen molar-refractivity contribution in [1.82, 2.24) is 0 Å². The Morgan fingerprint density at radius 2 is 2.33 bits per heavy atom. The minimum Gasteiger partial charge on any atom is -0.385 e. The average molecular weight is 226 g/mol. The van der Waals surface area contributed by atoms with Gasteiger partial charge in [0.1, 0.15) is 0 Å². The summed E-state index contributed by atoms with van der Waals surface area (Å²) in [5.41, 5.74) is 6.96. The zero-order valence-corrected chi connectivity index (χ0v) is 9.59. The summed E-state index contributed by atoms with van der Waals surface area (Å²) in [5.74, 6) is 0.217. The van der Waals surface area contributed by atoms with Gasteiger partial charge >= 0.3 is 0 Å². The molecule has 0 aliphatic heterocycles. The molecule has 1 aromatic carbocycles. The number of fused-ring (bicyclic) bond motifs is 1. The van der Waals surface area contributed by atoms with Gasteiger partial charge in [-0.2, -0.15) is 0 Å². The predicted octanol–water partition coefficient (Wildman–Crippen LogP) is 2.07. The fraction of sp³-hybridized carbons (Fsp3) is 0.500. The monoisotopic (exact) mass is 225 g/mol. The number of aliphatic hydroxyl groups is 1. The Balaban J connectivity index is 2.45. The number of halogens is 1. The van der Waals surface area contributed by atoms with Gasteiger partial charge in [-0.25, -0.2) is 0 Å². The van der Waals surface area contributed by atoms with Crippen molar-refractivity contribution in [3.05, 3.63) is 34.3 Å². The maximum absolute atomic E-state index is 10.6. The number of nitrogens with two attached hydrogens (primary N) is 1. The summed E-state index contributed by atoms with van der Waals surface area (Å²) < 4.78 is 0. The molecule has 2 nitrogen and oxygen atoms in total. The molecule has 0 amide bonds. The first-order chi connectivity index (χ1) is 7.08. The normalized spacial score (nSPS) is 29.2. The molecule has 0 saturated heterocycles. The Labute approximate surface area is 95.1 Å². The summed E-state index contributed by atoms with van der Waals surface area (Å²) in [6.07, 6.45) is 1.50. The average Bonchev–Trinajstić information content (AvgIpc) is 2.39. The van der Waals surface area contributed by atoms with Crippen LogP contribution in [0.4, 0.5) is 0 Å². The summed E-state index contributed by atoms with van der Waals surface area (Å²) in [6, 6.07) is 5.71. The summed E-state index contributed by atoms with van der Waals surface area (Å²) in [6.45, 7) is 2.56. The molecule has 0 fully saturated rings. The van der Waals surface area contributed by atoms with Crippen molar-refractivity contribution in [2.45, 2.75) is 25.4 Å². The highest BCUT2D eigenvalue weighted by atomic mass is 35.5. The fourth-order valence-corrected chi connectivity index (χ4v) is 2.71. The van der Waals surface area contributed by atoms with Crippen molar-refractivity contribution in [1.29, 1.82) is 0 Å². The lowest BCUT2D eigenvalue weighted by molar-refractivity contribution is -0.0101. The third-order valence-electron chi connectivity index (χ3n) is 3.40. The van der Waals surface area contributed by atoms with Gasteiger partial charge in [0.25, 0.3) is 0 Å². The molecule has 15 heavy (non-hydrogen) atoms. The topological polar surface area (TPSA) is 46.2 Å². The van der Waals surface area contributed by atoms with Gasteiger partial charge in [0.2, 0.25) is 0 Å². The molecule has 1 aliphatic rings. The van der Waals surface area contributed by atoms with Crippen molar-refractivity contribution in [2.24, 2.45) is 11.7 Å². The molecule has 1 aliphatic carbocycles. The second-order valence-corrected chi connectivity index (χ2v) is 4.81. The first-order valence-electron chi connectivity index (χ1n) is 5.29. The maximum atomic E-state index is 10.6. The Morgan fingerprint density at radius 3 is 3.00 bits per heavy atom. The van der Waals surface area contributed by atoms with Crippen molar-refractivity contribution in [3.63, 3.8) is 0 Å². The van der Waals surface area contributed by atoms with Gasteiger partial charge in [0, 0.05) is 5.02 Å². The third-order valence-corrected chi connectivity index (χ3v) is 3.64. The van der Waals surface area contributed by atoms with E-state index in [4.69, 9.17) is 17.3 Å². The molecule has 1 aromatic rings. The highest BCUT2D eigenvalue weighted by molar-refractivity contribution is 6.30. The SMILES string of the molecule is CC1Cc2cc(Cl)ccc2C1(O)CCN. The van der Waals surface area contributed by atoms with Crippen LogP contribution < -0.4 is 5.73 Å². The summed E-state index contributed by atoms with van der Waals surface area (Å²) >= 11 is 5.93. The zero-order valence-electron chi connectivity index (χ0n) is 8.83. The van der Waals surface area contributed by atoms with Crippen LogP contribution in [0.3, 0.4) is 0 Å². The standard InChI is InChI=1S/C12H16ClNO/c1-8-6-9-7-10(13)2-3-11(9)12(8,15)4-5-14/h2-3,7-8,15H,4-6,14H2,1H3. The van der Waals surface area contributed by atoms with Gasteiger partial charge in [-0.15, -0.1) is 0 Å². The van der Waals surface area contributed by atoms with Crippen molar-refractivity contribution < 1.29 is 5.11 Å². The summed E-state index contributed by atoms with van der Waals surface area (Å²) in [4.78, 5) is 0. The predicted molar refractivity (Wildman–Crippen MR) is 61.9 cm³/mol. The second-order valence-electron chi connectivity index (χ2n) is 4.37. The highest BCUT2D eigenvalue weighted by Gasteiger charge is 2.41. The molecule has 0 bridgehead atoms. The first-order valence-corrected chi connectivity index (χ1v) is 5.67. The molecule has 2 atom stereocenters. The van der Waals surface area contributed by atoms with Crippen LogP contribution in [0.1, 0.15) is 24.5 Å². The lowest BCUT2D eigenvalue weighted by Gasteiger charge is -2.28. The molecule has 3 heteroatoms. The minimum atomic E-state index is -0.755. The molecule has 82 valence electrons. The van der Waals surface area contributed by atoms with Crippen LogP contribution in [0.5, 0.6) is 0 Å². The molecule has 3 N–H and O–H groups in total. The highest BCUT2D eigenvalue weighted by Crippen LogP contribution is 2.43. The Morgan fingerprint density at radius 1 is 1.60 bits per heavy atom. The summed E-state index contributed by atoms with van der Waals surface area (Å²) in [7, 11) is 0. The van der Waals surface area contributed by atoms with E-state index >= 15 is 0 Å². The molecular formula is C12H16ClNO. The van der Waals surface area contributed by atoms with Gasteiger partial charge < -0.3 is 10.8 Å². The van der Waals surface area contributed by atoms with E-state index in [-0.39, 0.29) is 5.92 Å². The third kappa shape index (κ3) is 1.67. The fourth-order valence-electron chi connectivity index (χ4n) is 2.52. The van der Waals surface area contributed by atoms with Gasteiger partial charge in [-0.05, 0) is 48.6 Å². The van der Waals surface area contributed by atoms with Crippen LogP contribution in [-0.2, 0) is 12.0 Å². The zero-order chi connectivity index (χ0) is 11.1. The van der Waals surface area contributed by atoms with E-state index in [1.165, 1.54) is 0 Å². The largest absolute Gasteiger partial charge is 0.385 e. The molecule has 0 spiro atoms. The van der Waals surface area contributed by atoms with Gasteiger partial charge in [0.05, 0.1) is 5.60 Å². The van der Waals surface area contributed by atoms with E-state index in [0.717, 1.165) is 22.6 Å². The van der Waals surface area contributed by atoms with Crippen molar-refractivity contribution >= 4 is 11.6 Å². The lowest BCUT2D eigenvalue weighted by Crippen LogP contribution is -2.32. The van der Waals surface area contributed by atoms with Crippen LogP contribution in [-0.4, -0.2) is 11.7 Å². The lowest BCUT2D eigenvalue weighted by atomic mass is 9.85. The van der Waals surface area contributed by atoms with E-state index in [0.29, 0.717) is 13.0 Å². The van der Waals surface area contributed by atoms with E-state index in [1.54, 1.807) is 0 Å². The van der Waals surface area contributed by atoms with Crippen molar-refractivity contribution in [2.75, 3.05) is 6.54 Å². The van der Waals surface area contributed by atoms with Crippen LogP contribution >= 0.6 is 11.6 Å². The van der Waals surface area contributed by atoms with E-state index < -0.39 is 5.60 Å². The van der Waals surface area contributed by atoms with Gasteiger partial charge in [-0.3, -0.25) is 0 Å². The molecule has 0 saturated carbocycles. The van der Waals surface area contributed by atoms with Crippen LogP contribution in [0, 0.1) is 5.92 Å². The second kappa shape index (κ2) is 3.78. The molecule has 2 rings (SSSR count). The van der Waals surface area contributed by atoms with Gasteiger partial charge in [-0.1, -0.05) is 24.6 Å². The molecule has 0 aromatic heterocycles. The van der Waals surface area contributed by atoms with Crippen LogP contribution in [0.15, 0.2) is 18.2 Å². The van der Waals surface area contributed by atoms with E-state index in [9.17, 15) is 5.11 Å². The van der Waals surface area contributed by atoms with Crippen molar-refractivity contribution in [3.8, 4) is 0 Å². The molecule has 0 radical (unpaired) electrons. The Kier molecular flexibility index (Phi) is 2.75. The van der Waals surface area contributed by atoms with Crippen LogP contribution in [0.25, 0.3) is 0 Å². The summed E-state index contributed by atoms with van der Waals surface area (Å²) in [5, 5.41) is 11.3. The van der Waals surface area contributed by atoms with E-state index in [1.807, 2.05) is 18.2 Å². The van der Waals surface area contributed by atoms with Crippen LogP contribution in [0.2, 0.25) is 5.02 Å². The molecule has 0 heterocycles. The molecule has 2 unspecified atom stereocenters. The quantitative estimate of drug-likeness (QED) is 0.810.